The highest BCUT2D eigenvalue weighted by Gasteiger charge is 2.15. The number of nitrogens with zero attached hydrogens (tertiary/aromatic N) is 4. The van der Waals surface area contributed by atoms with Gasteiger partial charge in [0.15, 0.2) is 6.29 Å². The summed E-state index contributed by atoms with van der Waals surface area (Å²) < 4.78 is 17.4. The van der Waals surface area contributed by atoms with E-state index in [4.69, 9.17) is 25.8 Å². The van der Waals surface area contributed by atoms with Crippen LogP contribution in [0.2, 0.25) is 5.02 Å². The monoisotopic (exact) mass is 474 g/mol. The van der Waals surface area contributed by atoms with Gasteiger partial charge in [-0.25, -0.2) is 9.97 Å². The van der Waals surface area contributed by atoms with Crippen molar-refractivity contribution in [2.24, 2.45) is 0 Å². The third-order valence-electron chi connectivity index (χ3n) is 4.81. The third kappa shape index (κ3) is 5.98. The van der Waals surface area contributed by atoms with Crippen molar-refractivity contribution in [2.75, 3.05) is 33.2 Å². The molecule has 0 unspecified atom stereocenters. The maximum absolute atomic E-state index is 12.5. The Morgan fingerprint density at radius 3 is 2.58 bits per heavy atom. The van der Waals surface area contributed by atoms with Crippen LogP contribution in [0.5, 0.6) is 5.75 Å². The number of anilines is 2. The molecule has 0 aliphatic carbocycles. The number of amides is 1. The number of nitrogens with one attached hydrogen (secondary N) is 2. The molecular weight excluding hydrogens is 448 g/mol. The Morgan fingerprint density at radius 1 is 1.18 bits per heavy atom. The first kappa shape index (κ1) is 24.4. The molecule has 11 heteroatoms. The molecule has 2 aromatic heterocycles. The average Bonchev–Trinajstić information content (AvgIpc) is 3.31. The summed E-state index contributed by atoms with van der Waals surface area (Å²) in [6.45, 7) is 4.28. The van der Waals surface area contributed by atoms with Gasteiger partial charge in [-0.1, -0.05) is 11.6 Å². The second kappa shape index (κ2) is 11.1. The van der Waals surface area contributed by atoms with Gasteiger partial charge in [0.2, 0.25) is 5.95 Å². The summed E-state index contributed by atoms with van der Waals surface area (Å²) in [7, 11) is 4.53. The van der Waals surface area contributed by atoms with Crippen molar-refractivity contribution >= 4 is 29.1 Å². The summed E-state index contributed by atoms with van der Waals surface area (Å²) in [5.74, 6) is 0.488. The van der Waals surface area contributed by atoms with E-state index < -0.39 is 6.29 Å². The predicted octanol–water partition coefficient (Wildman–Crippen LogP) is 3.68. The van der Waals surface area contributed by atoms with Gasteiger partial charge in [-0.05, 0) is 32.0 Å². The summed E-state index contributed by atoms with van der Waals surface area (Å²) in [4.78, 5) is 21.3. The molecule has 0 radical (unpaired) electrons. The van der Waals surface area contributed by atoms with E-state index in [-0.39, 0.29) is 18.5 Å². The minimum atomic E-state index is -0.527. The highest BCUT2D eigenvalue weighted by molar-refractivity contribution is 6.32. The van der Waals surface area contributed by atoms with Crippen molar-refractivity contribution in [3.8, 4) is 17.0 Å². The number of methoxy groups -OCH3 is 3. The van der Waals surface area contributed by atoms with Crippen molar-refractivity contribution < 1.29 is 19.0 Å². The fourth-order valence-electron chi connectivity index (χ4n) is 2.97. The molecule has 176 valence electrons. The molecule has 3 aromatic rings. The number of aromatic nitrogens is 4. The Kier molecular flexibility index (Phi) is 8.21. The van der Waals surface area contributed by atoms with E-state index in [0.29, 0.717) is 33.7 Å². The van der Waals surface area contributed by atoms with Gasteiger partial charge in [0.1, 0.15) is 5.75 Å². The van der Waals surface area contributed by atoms with E-state index in [1.807, 2.05) is 24.7 Å². The lowest BCUT2D eigenvalue weighted by atomic mass is 10.1. The minimum absolute atomic E-state index is 0.211. The Bertz CT molecular complexity index is 1100. The summed E-state index contributed by atoms with van der Waals surface area (Å²) in [5.41, 5.74) is 2.35. The molecule has 0 fully saturated rings. The van der Waals surface area contributed by atoms with Gasteiger partial charge in [-0.2, -0.15) is 5.10 Å². The van der Waals surface area contributed by atoms with Gasteiger partial charge in [0.05, 0.1) is 42.5 Å². The fraction of sp³-hybridized carbons (Fsp3) is 0.364. The lowest BCUT2D eigenvalue weighted by Crippen LogP contribution is -2.34. The number of carbonyl (C=O) groups excluding carboxylic acids is 1. The highest BCUT2D eigenvalue weighted by Crippen LogP contribution is 2.30. The zero-order chi connectivity index (χ0) is 24.0. The van der Waals surface area contributed by atoms with Crippen LogP contribution in [-0.4, -0.2) is 59.8 Å². The van der Waals surface area contributed by atoms with Crippen molar-refractivity contribution in [1.29, 1.82) is 0 Å². The molecule has 3 rings (SSSR count). The van der Waals surface area contributed by atoms with Crippen LogP contribution in [-0.2, 0) is 9.47 Å². The molecule has 0 aliphatic rings. The van der Waals surface area contributed by atoms with Crippen molar-refractivity contribution in [3.05, 3.63) is 47.4 Å². The van der Waals surface area contributed by atoms with E-state index in [9.17, 15) is 4.79 Å². The lowest BCUT2D eigenvalue weighted by Gasteiger charge is -2.15. The van der Waals surface area contributed by atoms with Crippen molar-refractivity contribution in [2.45, 2.75) is 26.2 Å². The van der Waals surface area contributed by atoms with Crippen molar-refractivity contribution in [1.82, 2.24) is 25.1 Å². The van der Waals surface area contributed by atoms with Gasteiger partial charge < -0.3 is 24.8 Å². The van der Waals surface area contributed by atoms with Crippen LogP contribution in [0.4, 0.5) is 11.6 Å². The van der Waals surface area contributed by atoms with Crippen LogP contribution in [0.1, 0.15) is 30.2 Å². The van der Waals surface area contributed by atoms with E-state index in [1.165, 1.54) is 27.5 Å². The normalized spacial score (nSPS) is 11.2. The first-order valence-corrected chi connectivity index (χ1v) is 10.6. The zero-order valence-corrected chi connectivity index (χ0v) is 19.9. The van der Waals surface area contributed by atoms with Crippen LogP contribution in [0.15, 0.2) is 36.8 Å². The molecule has 0 atom stereocenters. The van der Waals surface area contributed by atoms with Crippen LogP contribution in [0.3, 0.4) is 0 Å². The molecule has 2 heterocycles. The molecule has 0 saturated heterocycles. The topological polar surface area (TPSA) is 112 Å². The first-order valence-electron chi connectivity index (χ1n) is 10.2. The number of rotatable bonds is 10. The van der Waals surface area contributed by atoms with Gasteiger partial charge in [-0.3, -0.25) is 9.48 Å². The number of ether oxygens (including phenoxy) is 3. The predicted molar refractivity (Wildman–Crippen MR) is 125 cm³/mol. The molecule has 0 aliphatic heterocycles. The summed E-state index contributed by atoms with van der Waals surface area (Å²) in [6, 6.07) is 5.22. The quantitative estimate of drug-likeness (QED) is 0.428. The molecule has 0 spiro atoms. The molecule has 0 bridgehead atoms. The standard InChI is InChI=1S/C22H27ClN6O4/c1-13(2)29-12-15(9-26-29)20-16(23)10-25-22(28-20)27-17-7-6-14(8-18(17)31-3)21(30)24-11-19(32-4)33-5/h6-10,12-13,19H,11H2,1-5H3,(H,24,30)(H,25,27,28). The number of carbonyl (C=O) groups is 1. The highest BCUT2D eigenvalue weighted by atomic mass is 35.5. The fourth-order valence-corrected chi connectivity index (χ4v) is 3.17. The zero-order valence-electron chi connectivity index (χ0n) is 19.1. The van der Waals surface area contributed by atoms with Gasteiger partial charge in [0.25, 0.3) is 5.91 Å². The molecule has 33 heavy (non-hydrogen) atoms. The van der Waals surface area contributed by atoms with Gasteiger partial charge in [0, 0.05) is 37.6 Å². The maximum Gasteiger partial charge on any atom is 0.251 e. The smallest absolute Gasteiger partial charge is 0.251 e. The molecule has 2 N–H and O–H groups in total. The second-order valence-electron chi connectivity index (χ2n) is 7.34. The Hall–Kier alpha value is -3.21. The largest absolute Gasteiger partial charge is 0.495 e. The Morgan fingerprint density at radius 2 is 1.94 bits per heavy atom. The SMILES string of the molecule is COc1cc(C(=O)NCC(OC)OC)ccc1Nc1ncc(Cl)c(-c2cnn(C(C)C)c2)n1. The molecule has 1 amide bonds. The Balaban J connectivity index is 1.79. The first-order chi connectivity index (χ1) is 15.9. The van der Waals surface area contributed by atoms with Gasteiger partial charge in [-0.15, -0.1) is 0 Å². The number of benzene rings is 1. The molecule has 10 nitrogen and oxygen atoms in total. The van der Waals surface area contributed by atoms with Crippen LogP contribution < -0.4 is 15.4 Å². The number of hydrogen-bond acceptors (Lipinski definition) is 8. The minimum Gasteiger partial charge on any atom is -0.495 e. The molecule has 1 aromatic carbocycles. The average molecular weight is 475 g/mol. The number of hydrogen-bond donors (Lipinski definition) is 2. The second-order valence-corrected chi connectivity index (χ2v) is 7.75. The third-order valence-corrected chi connectivity index (χ3v) is 5.09. The van der Waals surface area contributed by atoms with Crippen LogP contribution in [0, 0.1) is 0 Å². The van der Waals surface area contributed by atoms with Crippen molar-refractivity contribution in [3.63, 3.8) is 0 Å². The Labute approximate surface area is 197 Å². The van der Waals surface area contributed by atoms with E-state index in [2.05, 4.69) is 25.7 Å². The van der Waals surface area contributed by atoms with E-state index in [0.717, 1.165) is 5.56 Å². The summed E-state index contributed by atoms with van der Waals surface area (Å²) >= 11 is 6.33. The molecule has 0 saturated carbocycles. The van der Waals surface area contributed by atoms with E-state index >= 15 is 0 Å². The van der Waals surface area contributed by atoms with Gasteiger partial charge >= 0.3 is 0 Å². The molecular formula is C22H27ClN6O4. The van der Waals surface area contributed by atoms with E-state index in [1.54, 1.807) is 24.4 Å². The maximum atomic E-state index is 12.5. The lowest BCUT2D eigenvalue weighted by molar-refractivity contribution is -0.0974. The van der Waals surface area contributed by atoms with Crippen LogP contribution in [0.25, 0.3) is 11.3 Å². The summed E-state index contributed by atoms with van der Waals surface area (Å²) in [6.07, 6.45) is 4.59. The van der Waals surface area contributed by atoms with Crippen LogP contribution >= 0.6 is 11.6 Å². The summed E-state index contributed by atoms with van der Waals surface area (Å²) in [5, 5.41) is 10.6. The number of halogens is 1.